The number of imidazole rings is 1. The van der Waals surface area contributed by atoms with Gasteiger partial charge in [-0.2, -0.15) is 0 Å². The van der Waals surface area contributed by atoms with E-state index in [1.165, 1.54) is 10.6 Å². The Morgan fingerprint density at radius 3 is 2.62 bits per heavy atom. The minimum atomic E-state index is -0.147. The number of hydrogen-bond acceptors (Lipinski definition) is 4. The van der Waals surface area contributed by atoms with Gasteiger partial charge in [0, 0.05) is 31.3 Å². The summed E-state index contributed by atoms with van der Waals surface area (Å²) in [6.45, 7) is 0. The van der Waals surface area contributed by atoms with Crippen LogP contribution in [0, 0.1) is 0 Å². The summed E-state index contributed by atoms with van der Waals surface area (Å²) in [5.41, 5.74) is 2.24. The largest absolute Gasteiger partial charge is 0.457 e. The lowest BCUT2D eigenvalue weighted by atomic mass is 10.1. The molecular weight excluding hydrogens is 366 g/mol. The Hall–Kier alpha value is -3.93. The highest BCUT2D eigenvalue weighted by atomic mass is 16.5. The first-order chi connectivity index (χ1) is 14.1. The van der Waals surface area contributed by atoms with Gasteiger partial charge >= 0.3 is 0 Å². The van der Waals surface area contributed by atoms with E-state index in [0.29, 0.717) is 5.75 Å². The zero-order chi connectivity index (χ0) is 20.2. The fourth-order valence-corrected chi connectivity index (χ4v) is 2.99. The average Bonchev–Trinajstić information content (AvgIpc) is 3.22. The fraction of sp³-hybridized carbons (Fsp3) is 0.0870. The molecule has 1 N–H and O–H groups in total. The van der Waals surface area contributed by atoms with E-state index in [2.05, 4.69) is 9.97 Å². The van der Waals surface area contributed by atoms with Gasteiger partial charge in [-0.05, 0) is 29.8 Å². The molecular formula is C23H19N3O3. The molecule has 29 heavy (non-hydrogen) atoms. The maximum Gasteiger partial charge on any atom is 0.250 e. The molecule has 4 aromatic rings. The van der Waals surface area contributed by atoms with Gasteiger partial charge in [-0.3, -0.25) is 9.59 Å². The predicted molar refractivity (Wildman–Crippen MR) is 110 cm³/mol. The number of benzene rings is 2. The van der Waals surface area contributed by atoms with Crippen molar-refractivity contribution < 1.29 is 9.53 Å². The van der Waals surface area contributed by atoms with Gasteiger partial charge in [0.2, 0.25) is 11.3 Å². The average molecular weight is 385 g/mol. The molecule has 2 aromatic carbocycles. The van der Waals surface area contributed by atoms with Crippen molar-refractivity contribution in [2.24, 2.45) is 7.05 Å². The zero-order valence-corrected chi connectivity index (χ0v) is 15.8. The van der Waals surface area contributed by atoms with E-state index in [4.69, 9.17) is 4.74 Å². The van der Waals surface area contributed by atoms with Gasteiger partial charge in [0.25, 0.3) is 0 Å². The highest BCUT2D eigenvalue weighted by Gasteiger charge is 2.13. The van der Waals surface area contributed by atoms with E-state index in [0.717, 1.165) is 22.6 Å². The molecule has 0 atom stereocenters. The number of Topliss-reactive ketones (excluding diaryl/α,β-unsaturated/α-hetero) is 1. The number of ether oxygens (including phenoxy) is 1. The summed E-state index contributed by atoms with van der Waals surface area (Å²) < 4.78 is 7.32. The highest BCUT2D eigenvalue weighted by Crippen LogP contribution is 2.26. The maximum atomic E-state index is 12.6. The van der Waals surface area contributed by atoms with Gasteiger partial charge in [0.15, 0.2) is 5.82 Å². The molecule has 0 saturated heterocycles. The molecule has 0 fully saturated rings. The van der Waals surface area contributed by atoms with Gasteiger partial charge < -0.3 is 14.3 Å². The lowest BCUT2D eigenvalue weighted by Crippen LogP contribution is -2.16. The molecule has 0 amide bonds. The van der Waals surface area contributed by atoms with Crippen LogP contribution in [0.1, 0.15) is 16.2 Å². The van der Waals surface area contributed by atoms with Crippen molar-refractivity contribution in [2.45, 2.75) is 6.42 Å². The smallest absolute Gasteiger partial charge is 0.250 e. The van der Waals surface area contributed by atoms with Crippen molar-refractivity contribution in [2.75, 3.05) is 0 Å². The van der Waals surface area contributed by atoms with Crippen LogP contribution in [-0.2, 0) is 13.5 Å². The van der Waals surface area contributed by atoms with Gasteiger partial charge in [-0.1, -0.05) is 36.4 Å². The summed E-state index contributed by atoms with van der Waals surface area (Å²) >= 11 is 0. The Bertz CT molecular complexity index is 1210. The molecule has 0 saturated carbocycles. The summed E-state index contributed by atoms with van der Waals surface area (Å²) in [6, 6.07) is 20.2. The monoisotopic (exact) mass is 385 g/mol. The molecule has 144 valence electrons. The Kier molecular flexibility index (Phi) is 5.07. The Labute approximate surface area is 167 Å². The van der Waals surface area contributed by atoms with Crippen molar-refractivity contribution in [1.82, 2.24) is 14.5 Å². The minimum Gasteiger partial charge on any atom is -0.457 e. The Morgan fingerprint density at radius 1 is 1.03 bits per heavy atom. The third kappa shape index (κ3) is 4.32. The molecule has 0 aliphatic heterocycles. The third-order valence-electron chi connectivity index (χ3n) is 4.48. The standard InChI is InChI=1S/C23H19N3O3/c1-26-15-16(10-11-22(26)28)12-21(27)23-24-14-20(25-23)17-6-5-9-19(13-17)29-18-7-3-2-4-8-18/h2-11,13-15H,12H2,1H3,(H,24,25). The second kappa shape index (κ2) is 7.98. The van der Waals surface area contributed by atoms with Crippen LogP contribution in [0.3, 0.4) is 0 Å². The second-order valence-electron chi connectivity index (χ2n) is 6.67. The van der Waals surface area contributed by atoms with E-state index in [-0.39, 0.29) is 23.6 Å². The quantitative estimate of drug-likeness (QED) is 0.509. The number of carbonyl (C=O) groups excluding carboxylic acids is 1. The molecule has 0 aliphatic carbocycles. The fourth-order valence-electron chi connectivity index (χ4n) is 2.99. The predicted octanol–water partition coefficient (Wildman–Crippen LogP) is 3.99. The maximum absolute atomic E-state index is 12.6. The lowest BCUT2D eigenvalue weighted by molar-refractivity contribution is 0.0984. The molecule has 0 bridgehead atoms. The molecule has 0 unspecified atom stereocenters. The van der Waals surface area contributed by atoms with Gasteiger partial charge in [-0.25, -0.2) is 4.98 Å². The Morgan fingerprint density at radius 2 is 1.83 bits per heavy atom. The van der Waals surface area contributed by atoms with Gasteiger partial charge in [0.1, 0.15) is 11.5 Å². The normalized spacial score (nSPS) is 10.7. The summed E-state index contributed by atoms with van der Waals surface area (Å²) in [5.74, 6) is 1.58. The number of aromatic nitrogens is 3. The molecule has 0 spiro atoms. The number of aryl methyl sites for hydroxylation is 1. The van der Waals surface area contributed by atoms with E-state index >= 15 is 0 Å². The van der Waals surface area contributed by atoms with Crippen molar-refractivity contribution >= 4 is 5.78 Å². The number of pyridine rings is 1. The topological polar surface area (TPSA) is 77.0 Å². The van der Waals surface area contributed by atoms with Crippen LogP contribution in [0.5, 0.6) is 11.5 Å². The molecule has 6 heteroatoms. The van der Waals surface area contributed by atoms with E-state index < -0.39 is 0 Å². The highest BCUT2D eigenvalue weighted by molar-refractivity contribution is 5.94. The molecule has 6 nitrogen and oxygen atoms in total. The van der Waals surface area contributed by atoms with E-state index in [1.54, 1.807) is 25.5 Å². The van der Waals surface area contributed by atoms with E-state index in [9.17, 15) is 9.59 Å². The number of carbonyl (C=O) groups is 1. The van der Waals surface area contributed by atoms with Crippen LogP contribution in [0.15, 0.2) is 83.9 Å². The number of rotatable bonds is 6. The number of ketones is 1. The summed E-state index contributed by atoms with van der Waals surface area (Å²) in [7, 11) is 1.66. The number of para-hydroxylation sites is 1. The van der Waals surface area contributed by atoms with Crippen molar-refractivity contribution in [3.05, 3.63) is 101 Å². The first-order valence-corrected chi connectivity index (χ1v) is 9.15. The van der Waals surface area contributed by atoms with Crippen molar-refractivity contribution in [3.63, 3.8) is 0 Å². The Balaban J connectivity index is 1.51. The van der Waals surface area contributed by atoms with Crippen LogP contribution in [0.25, 0.3) is 11.3 Å². The number of nitrogens with one attached hydrogen (secondary N) is 1. The molecule has 2 heterocycles. The summed E-state index contributed by atoms with van der Waals surface area (Å²) in [5, 5.41) is 0. The summed E-state index contributed by atoms with van der Waals surface area (Å²) in [6.07, 6.45) is 3.46. The molecule has 0 radical (unpaired) electrons. The van der Waals surface area contributed by atoms with Crippen LogP contribution in [0.2, 0.25) is 0 Å². The minimum absolute atomic E-state index is 0.112. The first-order valence-electron chi connectivity index (χ1n) is 9.15. The second-order valence-corrected chi connectivity index (χ2v) is 6.67. The SMILES string of the molecule is Cn1cc(CC(=O)c2ncc(-c3cccc(Oc4ccccc4)c3)[nH]2)ccc1=O. The van der Waals surface area contributed by atoms with Crippen molar-refractivity contribution in [1.29, 1.82) is 0 Å². The van der Waals surface area contributed by atoms with Crippen LogP contribution >= 0.6 is 0 Å². The third-order valence-corrected chi connectivity index (χ3v) is 4.48. The van der Waals surface area contributed by atoms with Crippen LogP contribution in [-0.4, -0.2) is 20.3 Å². The molecule has 0 aliphatic rings. The van der Waals surface area contributed by atoms with E-state index in [1.807, 2.05) is 54.6 Å². The zero-order valence-electron chi connectivity index (χ0n) is 15.8. The van der Waals surface area contributed by atoms with Gasteiger partial charge in [0.05, 0.1) is 11.9 Å². The van der Waals surface area contributed by atoms with Gasteiger partial charge in [-0.15, -0.1) is 0 Å². The number of nitrogens with zero attached hydrogens (tertiary/aromatic N) is 2. The summed E-state index contributed by atoms with van der Waals surface area (Å²) in [4.78, 5) is 31.3. The first kappa shape index (κ1) is 18.4. The van der Waals surface area contributed by atoms with Crippen LogP contribution < -0.4 is 10.3 Å². The lowest BCUT2D eigenvalue weighted by Gasteiger charge is -2.06. The van der Waals surface area contributed by atoms with Crippen LogP contribution in [0.4, 0.5) is 0 Å². The number of hydrogen-bond donors (Lipinski definition) is 1. The van der Waals surface area contributed by atoms with Crippen molar-refractivity contribution in [3.8, 4) is 22.8 Å². The molecule has 4 rings (SSSR count). The number of H-pyrrole nitrogens is 1. The number of aromatic amines is 1. The molecule has 2 aromatic heterocycles.